The minimum atomic E-state index is 0.0578. The van der Waals surface area contributed by atoms with Crippen LogP contribution in [-0.4, -0.2) is 18.8 Å². The van der Waals surface area contributed by atoms with Crippen molar-refractivity contribution in [3.8, 4) is 0 Å². The first-order chi connectivity index (χ1) is 7.07. The lowest BCUT2D eigenvalue weighted by molar-refractivity contribution is -0.117. The third-order valence-corrected chi connectivity index (χ3v) is 2.65. The van der Waals surface area contributed by atoms with Crippen molar-refractivity contribution in [1.82, 2.24) is 0 Å². The molecule has 0 aliphatic rings. The third kappa shape index (κ3) is 2.72. The topological polar surface area (TPSA) is 20.3 Å². The molecule has 0 saturated carbocycles. The molecular weight excluding hydrogens is 210 g/mol. The summed E-state index contributed by atoms with van der Waals surface area (Å²) in [4.78, 5) is 13.4. The molecule has 0 heterocycles. The molecular formula is C12H16ClNO. The second-order valence-electron chi connectivity index (χ2n) is 3.63. The standard InChI is InChI=1S/C12H16ClNO/c1-9-5-4-6-10(2)12(9)14(3)11(15)7-8-13/h4-6H,7-8H2,1-3H3. The van der Waals surface area contributed by atoms with Gasteiger partial charge >= 0.3 is 0 Å². The minimum Gasteiger partial charge on any atom is -0.315 e. The molecule has 3 heteroatoms. The Hall–Kier alpha value is -1.02. The minimum absolute atomic E-state index is 0.0578. The molecule has 1 rings (SSSR count). The quantitative estimate of drug-likeness (QED) is 0.725. The molecule has 0 unspecified atom stereocenters. The molecule has 1 aromatic rings. The van der Waals surface area contributed by atoms with E-state index < -0.39 is 0 Å². The molecule has 0 radical (unpaired) electrons. The van der Waals surface area contributed by atoms with Gasteiger partial charge in [0, 0.05) is 25.0 Å². The van der Waals surface area contributed by atoms with Gasteiger partial charge in [0.15, 0.2) is 0 Å². The lowest BCUT2D eigenvalue weighted by Gasteiger charge is -2.21. The number of hydrogen-bond donors (Lipinski definition) is 0. The van der Waals surface area contributed by atoms with E-state index in [1.54, 1.807) is 11.9 Å². The maximum Gasteiger partial charge on any atom is 0.227 e. The lowest BCUT2D eigenvalue weighted by Crippen LogP contribution is -2.27. The molecule has 0 bridgehead atoms. The maximum atomic E-state index is 11.7. The van der Waals surface area contributed by atoms with E-state index in [2.05, 4.69) is 0 Å². The van der Waals surface area contributed by atoms with Crippen molar-refractivity contribution in [3.05, 3.63) is 29.3 Å². The van der Waals surface area contributed by atoms with E-state index in [1.165, 1.54) is 0 Å². The van der Waals surface area contributed by atoms with E-state index in [1.807, 2.05) is 32.0 Å². The van der Waals surface area contributed by atoms with Crippen LogP contribution in [0, 0.1) is 13.8 Å². The Kier molecular flexibility index (Phi) is 4.15. The van der Waals surface area contributed by atoms with Gasteiger partial charge in [0.05, 0.1) is 0 Å². The summed E-state index contributed by atoms with van der Waals surface area (Å²) in [5, 5.41) is 0. The van der Waals surface area contributed by atoms with Gasteiger partial charge in [0.25, 0.3) is 0 Å². The van der Waals surface area contributed by atoms with Crippen LogP contribution >= 0.6 is 11.6 Å². The van der Waals surface area contributed by atoms with E-state index in [9.17, 15) is 4.79 Å². The van der Waals surface area contributed by atoms with Crippen LogP contribution in [0.3, 0.4) is 0 Å². The zero-order valence-corrected chi connectivity index (χ0v) is 10.1. The lowest BCUT2D eigenvalue weighted by atomic mass is 10.1. The Balaban J connectivity index is 3.00. The number of benzene rings is 1. The SMILES string of the molecule is Cc1cccc(C)c1N(C)C(=O)CCCl. The van der Waals surface area contributed by atoms with Crippen LogP contribution in [0.15, 0.2) is 18.2 Å². The normalized spacial score (nSPS) is 10.1. The van der Waals surface area contributed by atoms with Crippen LogP contribution in [0.5, 0.6) is 0 Å². The van der Waals surface area contributed by atoms with Gasteiger partial charge < -0.3 is 4.90 Å². The summed E-state index contributed by atoms with van der Waals surface area (Å²) in [6.07, 6.45) is 0.381. The molecule has 0 spiro atoms. The number of anilines is 1. The van der Waals surface area contributed by atoms with Crippen molar-refractivity contribution in [3.63, 3.8) is 0 Å². The molecule has 0 saturated heterocycles. The molecule has 0 atom stereocenters. The predicted molar refractivity (Wildman–Crippen MR) is 64.7 cm³/mol. The van der Waals surface area contributed by atoms with E-state index in [0.717, 1.165) is 16.8 Å². The number of amides is 1. The van der Waals surface area contributed by atoms with Crippen LogP contribution in [0.1, 0.15) is 17.5 Å². The smallest absolute Gasteiger partial charge is 0.227 e. The van der Waals surface area contributed by atoms with Crippen molar-refractivity contribution in [1.29, 1.82) is 0 Å². The molecule has 1 amide bonds. The summed E-state index contributed by atoms with van der Waals surface area (Å²) in [6.45, 7) is 4.01. The highest BCUT2D eigenvalue weighted by atomic mass is 35.5. The van der Waals surface area contributed by atoms with Crippen LogP contribution in [0.2, 0.25) is 0 Å². The predicted octanol–water partition coefficient (Wildman–Crippen LogP) is 2.90. The van der Waals surface area contributed by atoms with Crippen molar-refractivity contribution in [2.24, 2.45) is 0 Å². The summed E-state index contributed by atoms with van der Waals surface area (Å²) in [5.41, 5.74) is 3.22. The van der Waals surface area contributed by atoms with Crippen LogP contribution in [0.25, 0.3) is 0 Å². The fraction of sp³-hybridized carbons (Fsp3) is 0.417. The molecule has 1 aromatic carbocycles. The van der Waals surface area contributed by atoms with Gasteiger partial charge in [-0.15, -0.1) is 11.6 Å². The zero-order valence-electron chi connectivity index (χ0n) is 9.38. The Morgan fingerprint density at radius 2 is 1.87 bits per heavy atom. The Labute approximate surface area is 95.8 Å². The van der Waals surface area contributed by atoms with Crippen molar-refractivity contribution in [2.45, 2.75) is 20.3 Å². The fourth-order valence-electron chi connectivity index (χ4n) is 1.71. The highest BCUT2D eigenvalue weighted by Crippen LogP contribution is 2.23. The summed E-state index contributed by atoms with van der Waals surface area (Å²) in [5.74, 6) is 0.427. The van der Waals surface area contributed by atoms with Crippen molar-refractivity contribution in [2.75, 3.05) is 17.8 Å². The summed E-state index contributed by atoms with van der Waals surface area (Å²) in [7, 11) is 1.80. The monoisotopic (exact) mass is 225 g/mol. The largest absolute Gasteiger partial charge is 0.315 e. The Morgan fingerprint density at radius 3 is 2.33 bits per heavy atom. The van der Waals surface area contributed by atoms with Crippen LogP contribution < -0.4 is 4.90 Å². The average molecular weight is 226 g/mol. The van der Waals surface area contributed by atoms with E-state index >= 15 is 0 Å². The highest BCUT2D eigenvalue weighted by molar-refractivity contribution is 6.19. The van der Waals surface area contributed by atoms with Crippen LogP contribution in [0.4, 0.5) is 5.69 Å². The first kappa shape index (κ1) is 12.1. The molecule has 0 aliphatic carbocycles. The molecule has 0 aromatic heterocycles. The summed E-state index contributed by atoms with van der Waals surface area (Å²) in [6, 6.07) is 6.01. The summed E-state index contributed by atoms with van der Waals surface area (Å²) < 4.78 is 0. The average Bonchev–Trinajstić information content (AvgIpc) is 2.17. The molecule has 2 nitrogen and oxygen atoms in total. The third-order valence-electron chi connectivity index (χ3n) is 2.46. The number of para-hydroxylation sites is 1. The number of rotatable bonds is 3. The first-order valence-corrected chi connectivity index (χ1v) is 5.50. The molecule has 82 valence electrons. The Morgan fingerprint density at radius 1 is 1.33 bits per heavy atom. The number of carbonyl (C=O) groups excluding carboxylic acids is 1. The van der Waals surface area contributed by atoms with Gasteiger partial charge in [0.1, 0.15) is 0 Å². The first-order valence-electron chi connectivity index (χ1n) is 4.96. The summed E-state index contributed by atoms with van der Waals surface area (Å²) >= 11 is 5.56. The van der Waals surface area contributed by atoms with Gasteiger partial charge in [0.2, 0.25) is 5.91 Å². The van der Waals surface area contributed by atoms with Crippen molar-refractivity contribution >= 4 is 23.2 Å². The molecule has 0 fully saturated rings. The van der Waals surface area contributed by atoms with Gasteiger partial charge in [-0.1, -0.05) is 18.2 Å². The number of alkyl halides is 1. The molecule has 0 aliphatic heterocycles. The molecule has 15 heavy (non-hydrogen) atoms. The van der Waals surface area contributed by atoms with E-state index in [-0.39, 0.29) is 5.91 Å². The molecule has 0 N–H and O–H groups in total. The zero-order chi connectivity index (χ0) is 11.4. The van der Waals surface area contributed by atoms with Gasteiger partial charge in [-0.3, -0.25) is 4.79 Å². The van der Waals surface area contributed by atoms with E-state index in [0.29, 0.717) is 12.3 Å². The van der Waals surface area contributed by atoms with Crippen molar-refractivity contribution < 1.29 is 4.79 Å². The van der Waals surface area contributed by atoms with Gasteiger partial charge in [-0.2, -0.15) is 0 Å². The van der Waals surface area contributed by atoms with Gasteiger partial charge in [-0.25, -0.2) is 0 Å². The second kappa shape index (κ2) is 5.17. The van der Waals surface area contributed by atoms with E-state index in [4.69, 9.17) is 11.6 Å². The number of hydrogen-bond acceptors (Lipinski definition) is 1. The second-order valence-corrected chi connectivity index (χ2v) is 4.01. The Bertz CT molecular complexity index is 342. The highest BCUT2D eigenvalue weighted by Gasteiger charge is 2.13. The number of halogens is 1. The van der Waals surface area contributed by atoms with Gasteiger partial charge in [-0.05, 0) is 25.0 Å². The number of aryl methyl sites for hydroxylation is 2. The number of nitrogens with zero attached hydrogens (tertiary/aromatic N) is 1. The fourth-order valence-corrected chi connectivity index (χ4v) is 1.87. The van der Waals surface area contributed by atoms with Crippen LogP contribution in [-0.2, 0) is 4.79 Å². The maximum absolute atomic E-state index is 11.7. The number of carbonyl (C=O) groups is 1.